The number of benzene rings is 1. The third-order valence-corrected chi connectivity index (χ3v) is 4.10. The van der Waals surface area contributed by atoms with Crippen LogP contribution in [0.3, 0.4) is 0 Å². The second-order valence-corrected chi connectivity index (χ2v) is 5.75. The zero-order valence-electron chi connectivity index (χ0n) is 12.1. The van der Waals surface area contributed by atoms with Crippen molar-refractivity contribution in [3.63, 3.8) is 0 Å². The van der Waals surface area contributed by atoms with Crippen molar-refractivity contribution < 1.29 is 4.79 Å². The molecule has 1 saturated heterocycles. The van der Waals surface area contributed by atoms with E-state index in [9.17, 15) is 4.79 Å². The van der Waals surface area contributed by atoms with Crippen molar-refractivity contribution >= 4 is 16.7 Å². The number of carbonyl (C=O) groups is 1. The highest BCUT2D eigenvalue weighted by Crippen LogP contribution is 2.20. The third kappa shape index (κ3) is 2.62. The first-order chi connectivity index (χ1) is 9.63. The number of carbonyl (C=O) groups excluding carboxylic acids is 1. The molecule has 106 valence electrons. The molecule has 0 unspecified atom stereocenters. The molecule has 4 heteroatoms. The molecule has 20 heavy (non-hydrogen) atoms. The predicted molar refractivity (Wildman–Crippen MR) is 81.3 cm³/mol. The van der Waals surface area contributed by atoms with Gasteiger partial charge in [-0.05, 0) is 25.6 Å². The topological polar surface area (TPSA) is 39.3 Å². The fraction of sp³-hybridized carbons (Fsp3) is 0.438. The summed E-state index contributed by atoms with van der Waals surface area (Å²) in [7, 11) is 2.13. The van der Waals surface area contributed by atoms with E-state index in [1.165, 1.54) is 5.56 Å². The molecule has 1 aromatic heterocycles. The molecule has 0 spiro atoms. The first-order valence-corrected chi connectivity index (χ1v) is 7.15. The molecule has 0 aliphatic carbocycles. The number of hydrogen-bond acceptors (Lipinski definition) is 3. The van der Waals surface area contributed by atoms with Crippen LogP contribution in [0.15, 0.2) is 24.4 Å². The van der Waals surface area contributed by atoms with E-state index < -0.39 is 0 Å². The molecular weight excluding hydrogens is 250 g/mol. The largest absolute Gasteiger partial charge is 0.360 e. The van der Waals surface area contributed by atoms with Crippen LogP contribution in [0.25, 0.3) is 10.9 Å². The molecule has 0 atom stereocenters. The first kappa shape index (κ1) is 13.3. The highest BCUT2D eigenvalue weighted by atomic mass is 16.1. The Labute approximate surface area is 119 Å². The molecule has 3 rings (SSSR count). The number of likely N-dealkylation sites (N-methyl/N-ethyl adjacent to an activating group) is 1. The van der Waals surface area contributed by atoms with Gasteiger partial charge in [0.2, 0.25) is 0 Å². The van der Waals surface area contributed by atoms with Crippen molar-refractivity contribution in [1.82, 2.24) is 14.8 Å². The number of aryl methyl sites for hydroxylation is 1. The lowest BCUT2D eigenvalue weighted by atomic mass is 10.1. The summed E-state index contributed by atoms with van der Waals surface area (Å²) < 4.78 is 0. The summed E-state index contributed by atoms with van der Waals surface area (Å²) in [6.07, 6.45) is 1.85. The average Bonchev–Trinajstić information content (AvgIpc) is 2.84. The number of hydrogen-bond donors (Lipinski definition) is 1. The predicted octanol–water partition coefficient (Wildman–Crippen LogP) is 1.91. The van der Waals surface area contributed by atoms with E-state index in [1.807, 2.05) is 12.3 Å². The number of rotatable bonds is 3. The second kappa shape index (κ2) is 5.38. The molecule has 1 N–H and O–H groups in total. The van der Waals surface area contributed by atoms with Crippen LogP contribution in [0, 0.1) is 6.92 Å². The number of piperazine rings is 1. The minimum absolute atomic E-state index is 0.213. The van der Waals surface area contributed by atoms with E-state index >= 15 is 0 Å². The smallest absolute Gasteiger partial charge is 0.178 e. The zero-order chi connectivity index (χ0) is 14.1. The van der Waals surface area contributed by atoms with Gasteiger partial charge in [0, 0.05) is 48.8 Å². The summed E-state index contributed by atoms with van der Waals surface area (Å²) in [5.74, 6) is 0.213. The highest BCUT2D eigenvalue weighted by molar-refractivity contribution is 6.08. The number of aromatic amines is 1. The maximum absolute atomic E-state index is 12.5. The molecule has 4 nitrogen and oxygen atoms in total. The van der Waals surface area contributed by atoms with Gasteiger partial charge in [0.1, 0.15) is 0 Å². The second-order valence-electron chi connectivity index (χ2n) is 5.75. The van der Waals surface area contributed by atoms with Crippen LogP contribution in [0.1, 0.15) is 15.9 Å². The Kier molecular flexibility index (Phi) is 3.59. The first-order valence-electron chi connectivity index (χ1n) is 7.15. The van der Waals surface area contributed by atoms with Gasteiger partial charge < -0.3 is 9.88 Å². The van der Waals surface area contributed by atoms with Crippen LogP contribution in [-0.2, 0) is 0 Å². The summed E-state index contributed by atoms with van der Waals surface area (Å²) in [6.45, 7) is 6.62. The molecule has 0 amide bonds. The van der Waals surface area contributed by atoms with E-state index in [0.717, 1.165) is 42.6 Å². The molecule has 0 radical (unpaired) electrons. The summed E-state index contributed by atoms with van der Waals surface area (Å²) >= 11 is 0. The zero-order valence-corrected chi connectivity index (χ0v) is 12.1. The number of Topliss-reactive ketones (excluding diaryl/α,β-unsaturated/α-hetero) is 1. The Morgan fingerprint density at radius 3 is 2.75 bits per heavy atom. The fourth-order valence-electron chi connectivity index (χ4n) is 2.76. The standard InChI is InChI=1S/C16H21N3O/c1-12-3-4-13-14(10-17-15(13)9-12)16(20)11-19-7-5-18(2)6-8-19/h3-4,9-10,17H,5-8,11H2,1-2H3. The summed E-state index contributed by atoms with van der Waals surface area (Å²) in [5.41, 5.74) is 3.07. The van der Waals surface area contributed by atoms with Gasteiger partial charge in [-0.2, -0.15) is 0 Å². The monoisotopic (exact) mass is 271 g/mol. The Morgan fingerprint density at radius 1 is 1.25 bits per heavy atom. The normalized spacial score (nSPS) is 17.7. The van der Waals surface area contributed by atoms with Crippen molar-refractivity contribution in [2.24, 2.45) is 0 Å². The summed E-state index contributed by atoms with van der Waals surface area (Å²) in [4.78, 5) is 20.2. The quantitative estimate of drug-likeness (QED) is 0.867. The minimum Gasteiger partial charge on any atom is -0.360 e. The van der Waals surface area contributed by atoms with Gasteiger partial charge >= 0.3 is 0 Å². The van der Waals surface area contributed by atoms with Crippen molar-refractivity contribution in [2.75, 3.05) is 39.8 Å². The van der Waals surface area contributed by atoms with E-state index in [4.69, 9.17) is 0 Å². The molecule has 2 heterocycles. The van der Waals surface area contributed by atoms with Crippen LogP contribution in [0.4, 0.5) is 0 Å². The van der Waals surface area contributed by atoms with Gasteiger partial charge in [-0.3, -0.25) is 9.69 Å². The lowest BCUT2D eigenvalue weighted by molar-refractivity contribution is 0.0878. The van der Waals surface area contributed by atoms with E-state index in [-0.39, 0.29) is 5.78 Å². The number of ketones is 1. The van der Waals surface area contributed by atoms with Crippen molar-refractivity contribution in [3.8, 4) is 0 Å². The molecule has 2 aromatic rings. The third-order valence-electron chi connectivity index (χ3n) is 4.10. The lowest BCUT2D eigenvalue weighted by Crippen LogP contribution is -2.46. The maximum Gasteiger partial charge on any atom is 0.178 e. The van der Waals surface area contributed by atoms with E-state index in [2.05, 4.69) is 40.9 Å². The van der Waals surface area contributed by atoms with Gasteiger partial charge in [-0.1, -0.05) is 12.1 Å². The van der Waals surface area contributed by atoms with Crippen LogP contribution >= 0.6 is 0 Å². The molecule has 1 aliphatic rings. The Bertz CT molecular complexity index is 624. The minimum atomic E-state index is 0.213. The molecule has 1 aliphatic heterocycles. The van der Waals surface area contributed by atoms with Crippen LogP contribution in [-0.4, -0.2) is 60.3 Å². The lowest BCUT2D eigenvalue weighted by Gasteiger charge is -2.31. The average molecular weight is 271 g/mol. The van der Waals surface area contributed by atoms with E-state index in [0.29, 0.717) is 6.54 Å². The molecule has 0 bridgehead atoms. The van der Waals surface area contributed by atoms with Crippen molar-refractivity contribution in [3.05, 3.63) is 35.5 Å². The number of aromatic nitrogens is 1. The Morgan fingerprint density at radius 2 is 2.00 bits per heavy atom. The number of nitrogens with zero attached hydrogens (tertiary/aromatic N) is 2. The molecular formula is C16H21N3O. The Hall–Kier alpha value is -1.65. The van der Waals surface area contributed by atoms with Crippen molar-refractivity contribution in [2.45, 2.75) is 6.92 Å². The fourth-order valence-corrected chi connectivity index (χ4v) is 2.76. The SMILES string of the molecule is Cc1ccc2c(C(=O)CN3CCN(C)CC3)c[nH]c2c1. The maximum atomic E-state index is 12.5. The molecule has 0 saturated carbocycles. The Balaban J connectivity index is 1.75. The number of fused-ring (bicyclic) bond motifs is 1. The summed E-state index contributed by atoms with van der Waals surface area (Å²) in [6, 6.07) is 6.18. The van der Waals surface area contributed by atoms with Gasteiger partial charge in [0.05, 0.1) is 6.54 Å². The van der Waals surface area contributed by atoms with Crippen LogP contribution in [0.2, 0.25) is 0 Å². The van der Waals surface area contributed by atoms with Gasteiger partial charge in [0.15, 0.2) is 5.78 Å². The number of nitrogens with one attached hydrogen (secondary N) is 1. The molecule has 1 aromatic carbocycles. The van der Waals surface area contributed by atoms with Gasteiger partial charge in [-0.25, -0.2) is 0 Å². The summed E-state index contributed by atoms with van der Waals surface area (Å²) in [5, 5.41) is 1.04. The van der Waals surface area contributed by atoms with Gasteiger partial charge in [-0.15, -0.1) is 0 Å². The van der Waals surface area contributed by atoms with Crippen LogP contribution in [0.5, 0.6) is 0 Å². The van der Waals surface area contributed by atoms with Crippen molar-refractivity contribution in [1.29, 1.82) is 0 Å². The highest BCUT2D eigenvalue weighted by Gasteiger charge is 2.19. The number of H-pyrrole nitrogens is 1. The molecule has 1 fully saturated rings. The van der Waals surface area contributed by atoms with Gasteiger partial charge in [0.25, 0.3) is 0 Å². The van der Waals surface area contributed by atoms with E-state index in [1.54, 1.807) is 0 Å². The van der Waals surface area contributed by atoms with Crippen LogP contribution < -0.4 is 0 Å².